The molecular formula is C16H20Cl2FN3OS. The van der Waals surface area contributed by atoms with Crippen molar-refractivity contribution in [3.05, 3.63) is 51.7 Å². The SMILES string of the molecule is Cl.Cl.O=C(NC1CCCNC1)c1csc(Cc2ccc(F)cc2)n1. The normalized spacial score (nSPS) is 16.6. The van der Waals surface area contributed by atoms with Gasteiger partial charge >= 0.3 is 0 Å². The minimum absolute atomic E-state index is 0. The van der Waals surface area contributed by atoms with E-state index in [0.29, 0.717) is 12.1 Å². The highest BCUT2D eigenvalue weighted by Crippen LogP contribution is 2.15. The monoisotopic (exact) mass is 391 g/mol. The molecule has 24 heavy (non-hydrogen) atoms. The van der Waals surface area contributed by atoms with Crippen LogP contribution >= 0.6 is 36.2 Å². The molecule has 1 aromatic heterocycles. The first-order valence-electron chi connectivity index (χ1n) is 7.41. The fourth-order valence-corrected chi connectivity index (χ4v) is 3.32. The molecule has 2 N–H and O–H groups in total. The number of hydrogen-bond donors (Lipinski definition) is 2. The van der Waals surface area contributed by atoms with E-state index in [1.165, 1.54) is 23.5 Å². The van der Waals surface area contributed by atoms with Crippen LogP contribution < -0.4 is 10.6 Å². The topological polar surface area (TPSA) is 54.0 Å². The van der Waals surface area contributed by atoms with Gasteiger partial charge in [-0.05, 0) is 37.1 Å². The van der Waals surface area contributed by atoms with Gasteiger partial charge < -0.3 is 10.6 Å². The van der Waals surface area contributed by atoms with Gasteiger partial charge in [-0.25, -0.2) is 9.37 Å². The molecule has 1 aliphatic heterocycles. The van der Waals surface area contributed by atoms with E-state index in [4.69, 9.17) is 0 Å². The number of carbonyl (C=O) groups is 1. The third-order valence-corrected chi connectivity index (χ3v) is 4.53. The first kappa shape index (κ1) is 20.8. The molecule has 1 atom stereocenters. The van der Waals surface area contributed by atoms with Crippen LogP contribution in [0.15, 0.2) is 29.6 Å². The van der Waals surface area contributed by atoms with E-state index in [2.05, 4.69) is 15.6 Å². The highest BCUT2D eigenvalue weighted by atomic mass is 35.5. The van der Waals surface area contributed by atoms with E-state index in [9.17, 15) is 9.18 Å². The molecule has 1 amide bonds. The molecule has 0 spiro atoms. The Morgan fingerprint density at radius 3 is 2.75 bits per heavy atom. The van der Waals surface area contributed by atoms with Gasteiger partial charge in [0, 0.05) is 24.4 Å². The fraction of sp³-hybridized carbons (Fsp3) is 0.375. The molecule has 2 heterocycles. The molecule has 0 saturated carbocycles. The van der Waals surface area contributed by atoms with Crippen LogP contribution in [0.2, 0.25) is 0 Å². The van der Waals surface area contributed by atoms with Crippen molar-refractivity contribution in [3.8, 4) is 0 Å². The van der Waals surface area contributed by atoms with Crippen LogP contribution in [0.1, 0.15) is 33.9 Å². The Balaban J connectivity index is 0.00000144. The van der Waals surface area contributed by atoms with Crippen molar-refractivity contribution in [2.75, 3.05) is 13.1 Å². The van der Waals surface area contributed by atoms with Gasteiger partial charge in [-0.2, -0.15) is 0 Å². The lowest BCUT2D eigenvalue weighted by atomic mass is 10.1. The summed E-state index contributed by atoms with van der Waals surface area (Å²) in [5.41, 5.74) is 1.45. The van der Waals surface area contributed by atoms with E-state index in [-0.39, 0.29) is 42.6 Å². The van der Waals surface area contributed by atoms with E-state index in [1.54, 1.807) is 17.5 Å². The van der Waals surface area contributed by atoms with Crippen LogP contribution in [0.25, 0.3) is 0 Å². The van der Waals surface area contributed by atoms with E-state index in [0.717, 1.165) is 36.5 Å². The van der Waals surface area contributed by atoms with Crippen LogP contribution in [0.4, 0.5) is 4.39 Å². The number of rotatable bonds is 4. The third kappa shape index (κ3) is 5.70. The van der Waals surface area contributed by atoms with Crippen molar-refractivity contribution >= 4 is 42.1 Å². The number of piperidine rings is 1. The number of nitrogens with one attached hydrogen (secondary N) is 2. The Bertz CT molecular complexity index is 645. The number of amides is 1. The van der Waals surface area contributed by atoms with Crippen molar-refractivity contribution in [3.63, 3.8) is 0 Å². The number of aromatic nitrogens is 1. The minimum atomic E-state index is -0.246. The molecule has 8 heteroatoms. The maximum Gasteiger partial charge on any atom is 0.271 e. The van der Waals surface area contributed by atoms with Gasteiger partial charge in [0.25, 0.3) is 5.91 Å². The summed E-state index contributed by atoms with van der Waals surface area (Å²) in [4.78, 5) is 16.6. The number of thiazole rings is 1. The number of halogens is 3. The average molecular weight is 392 g/mol. The molecule has 1 unspecified atom stereocenters. The third-order valence-electron chi connectivity index (χ3n) is 3.69. The molecule has 0 bridgehead atoms. The Morgan fingerprint density at radius 1 is 1.33 bits per heavy atom. The molecule has 0 aliphatic carbocycles. The number of nitrogens with zero attached hydrogens (tertiary/aromatic N) is 1. The van der Waals surface area contributed by atoms with Gasteiger partial charge in [-0.15, -0.1) is 36.2 Å². The van der Waals surface area contributed by atoms with Gasteiger partial charge in [0.05, 0.1) is 5.01 Å². The molecule has 0 radical (unpaired) electrons. The maximum absolute atomic E-state index is 12.9. The average Bonchev–Trinajstić information content (AvgIpc) is 2.99. The number of benzene rings is 1. The van der Waals surface area contributed by atoms with Gasteiger partial charge in [0.1, 0.15) is 11.5 Å². The van der Waals surface area contributed by atoms with E-state index in [1.807, 2.05) is 0 Å². The lowest BCUT2D eigenvalue weighted by Gasteiger charge is -2.23. The summed E-state index contributed by atoms with van der Waals surface area (Å²) in [6.07, 6.45) is 2.70. The molecule has 1 aliphatic rings. The van der Waals surface area contributed by atoms with E-state index < -0.39 is 0 Å². The molecule has 1 fully saturated rings. The van der Waals surface area contributed by atoms with E-state index >= 15 is 0 Å². The summed E-state index contributed by atoms with van der Waals surface area (Å²) in [6, 6.07) is 6.54. The summed E-state index contributed by atoms with van der Waals surface area (Å²) in [5, 5.41) is 8.93. The summed E-state index contributed by atoms with van der Waals surface area (Å²) in [7, 11) is 0. The molecule has 1 saturated heterocycles. The number of carbonyl (C=O) groups excluding carboxylic acids is 1. The van der Waals surface area contributed by atoms with Crippen LogP contribution in [-0.2, 0) is 6.42 Å². The van der Waals surface area contributed by atoms with Crippen LogP contribution in [-0.4, -0.2) is 30.0 Å². The maximum atomic E-state index is 12.9. The zero-order chi connectivity index (χ0) is 15.4. The first-order valence-corrected chi connectivity index (χ1v) is 8.29. The van der Waals surface area contributed by atoms with Crippen molar-refractivity contribution in [2.24, 2.45) is 0 Å². The van der Waals surface area contributed by atoms with Crippen molar-refractivity contribution < 1.29 is 9.18 Å². The van der Waals surface area contributed by atoms with Gasteiger partial charge in [-0.3, -0.25) is 4.79 Å². The van der Waals surface area contributed by atoms with Gasteiger partial charge in [-0.1, -0.05) is 12.1 Å². The molecule has 132 valence electrons. The van der Waals surface area contributed by atoms with Crippen molar-refractivity contribution in [1.29, 1.82) is 0 Å². The second kappa shape index (κ2) is 9.93. The first-order chi connectivity index (χ1) is 10.7. The smallest absolute Gasteiger partial charge is 0.271 e. The zero-order valence-corrected chi connectivity index (χ0v) is 15.4. The Labute approximate surface area is 157 Å². The second-order valence-electron chi connectivity index (χ2n) is 5.45. The summed E-state index contributed by atoms with van der Waals surface area (Å²) >= 11 is 1.46. The molecule has 4 nitrogen and oxygen atoms in total. The largest absolute Gasteiger partial charge is 0.347 e. The summed E-state index contributed by atoms with van der Waals surface area (Å²) in [6.45, 7) is 1.84. The molecule has 2 aromatic rings. The summed E-state index contributed by atoms with van der Waals surface area (Å²) < 4.78 is 12.9. The highest BCUT2D eigenvalue weighted by molar-refractivity contribution is 7.09. The molecule has 3 rings (SSSR count). The lowest BCUT2D eigenvalue weighted by molar-refractivity contribution is 0.0926. The predicted octanol–water partition coefficient (Wildman–Crippen LogP) is 3.20. The van der Waals surface area contributed by atoms with Gasteiger partial charge in [0.15, 0.2) is 0 Å². The van der Waals surface area contributed by atoms with Crippen LogP contribution in [0, 0.1) is 5.82 Å². The predicted molar refractivity (Wildman–Crippen MR) is 99.2 cm³/mol. The summed E-state index contributed by atoms with van der Waals surface area (Å²) in [5.74, 6) is -0.362. The molecular weight excluding hydrogens is 372 g/mol. The highest BCUT2D eigenvalue weighted by Gasteiger charge is 2.18. The van der Waals surface area contributed by atoms with Crippen molar-refractivity contribution in [2.45, 2.75) is 25.3 Å². The van der Waals surface area contributed by atoms with Gasteiger partial charge in [0.2, 0.25) is 0 Å². The number of hydrogen-bond acceptors (Lipinski definition) is 4. The van der Waals surface area contributed by atoms with Crippen molar-refractivity contribution in [1.82, 2.24) is 15.6 Å². The fourth-order valence-electron chi connectivity index (χ4n) is 2.51. The Morgan fingerprint density at radius 2 is 2.08 bits per heavy atom. The van der Waals surface area contributed by atoms with Crippen LogP contribution in [0.3, 0.4) is 0 Å². The second-order valence-corrected chi connectivity index (χ2v) is 6.39. The zero-order valence-electron chi connectivity index (χ0n) is 13.0. The lowest BCUT2D eigenvalue weighted by Crippen LogP contribution is -2.45. The Hall–Kier alpha value is -1.21. The Kier molecular flexibility index (Phi) is 8.62. The minimum Gasteiger partial charge on any atom is -0.347 e. The quantitative estimate of drug-likeness (QED) is 0.840. The standard InChI is InChI=1S/C16H18FN3OS.2ClH/c17-12-5-3-11(4-6-12)8-15-20-14(10-22-15)16(21)19-13-2-1-7-18-9-13;;/h3-6,10,13,18H,1-2,7-9H2,(H,19,21);2*1H. The van der Waals surface area contributed by atoms with Crippen LogP contribution in [0.5, 0.6) is 0 Å². The molecule has 1 aromatic carbocycles.